The van der Waals surface area contributed by atoms with E-state index in [1.165, 1.54) is 0 Å². The Morgan fingerprint density at radius 1 is 1.04 bits per heavy atom. The van der Waals surface area contributed by atoms with E-state index in [0.717, 1.165) is 24.0 Å². The van der Waals surface area contributed by atoms with Crippen LogP contribution in [0.2, 0.25) is 0 Å². The molecule has 0 aliphatic heterocycles. The molecule has 2 aromatic rings. The molecule has 0 bridgehead atoms. The SMILES string of the molecule is [C-]#[N+]C(=C(CCCC)c1ccccc1)S(=O)(=O)c1ccc(C)cc1. The lowest BCUT2D eigenvalue weighted by molar-refractivity contribution is 0.603. The first-order chi connectivity index (χ1) is 11.5. The molecular weight excluding hydrogens is 318 g/mol. The monoisotopic (exact) mass is 339 g/mol. The van der Waals surface area contributed by atoms with Crippen LogP contribution in [0.4, 0.5) is 0 Å². The third-order valence-electron chi connectivity index (χ3n) is 3.85. The molecule has 0 unspecified atom stereocenters. The van der Waals surface area contributed by atoms with E-state index < -0.39 is 9.84 Å². The zero-order valence-electron chi connectivity index (χ0n) is 14.0. The number of allylic oxidation sites excluding steroid dienone is 1. The second-order valence-corrected chi connectivity index (χ2v) is 7.55. The normalized spacial score (nSPS) is 12.4. The highest BCUT2D eigenvalue weighted by Gasteiger charge is 2.26. The van der Waals surface area contributed by atoms with Crippen molar-refractivity contribution in [1.29, 1.82) is 0 Å². The van der Waals surface area contributed by atoms with Crippen molar-refractivity contribution in [2.75, 3.05) is 0 Å². The van der Waals surface area contributed by atoms with Crippen LogP contribution in [0.25, 0.3) is 10.4 Å². The van der Waals surface area contributed by atoms with E-state index >= 15 is 0 Å². The molecule has 3 nitrogen and oxygen atoms in total. The molecule has 0 aliphatic carbocycles. The Bertz CT molecular complexity index is 858. The van der Waals surface area contributed by atoms with Crippen LogP contribution in [0.3, 0.4) is 0 Å². The zero-order chi connectivity index (χ0) is 17.6. The highest BCUT2D eigenvalue weighted by atomic mass is 32.2. The predicted molar refractivity (Wildman–Crippen MR) is 97.9 cm³/mol. The molecule has 0 N–H and O–H groups in total. The summed E-state index contributed by atoms with van der Waals surface area (Å²) in [7, 11) is -3.82. The largest absolute Gasteiger partial charge is 0.286 e. The summed E-state index contributed by atoms with van der Waals surface area (Å²) >= 11 is 0. The van der Waals surface area contributed by atoms with E-state index in [1.54, 1.807) is 24.3 Å². The Morgan fingerprint density at radius 3 is 2.21 bits per heavy atom. The molecule has 0 aromatic heterocycles. The molecule has 0 heterocycles. The highest BCUT2D eigenvalue weighted by molar-refractivity contribution is 7.95. The van der Waals surface area contributed by atoms with Gasteiger partial charge in [0.2, 0.25) is 9.84 Å². The average Bonchev–Trinajstić information content (AvgIpc) is 2.59. The van der Waals surface area contributed by atoms with Crippen molar-refractivity contribution in [3.8, 4) is 0 Å². The zero-order valence-corrected chi connectivity index (χ0v) is 14.8. The summed E-state index contributed by atoms with van der Waals surface area (Å²) in [5.41, 5.74) is 2.39. The van der Waals surface area contributed by atoms with Gasteiger partial charge in [0.25, 0.3) is 5.03 Å². The summed E-state index contributed by atoms with van der Waals surface area (Å²) in [5, 5.41) is -0.161. The molecular formula is C20H21NO2S. The van der Waals surface area contributed by atoms with Crippen LogP contribution in [0, 0.1) is 13.5 Å². The van der Waals surface area contributed by atoms with Gasteiger partial charge in [-0.25, -0.2) is 13.3 Å². The standard InChI is InChI=1S/C20H21NO2S/c1-4-5-11-19(17-9-7-6-8-10-17)20(21-3)24(22,23)18-14-12-16(2)13-15-18/h6-10,12-15H,4-5,11H2,1-2H3. The molecule has 0 radical (unpaired) electrons. The highest BCUT2D eigenvalue weighted by Crippen LogP contribution is 2.32. The second kappa shape index (κ2) is 7.94. The minimum Gasteiger partial charge on any atom is -0.230 e. The first kappa shape index (κ1) is 18.0. The predicted octanol–water partition coefficient (Wildman–Crippen LogP) is 5.25. The Hall–Kier alpha value is -2.38. The number of unbranched alkanes of at least 4 members (excludes halogenated alkanes) is 1. The smallest absolute Gasteiger partial charge is 0.230 e. The Labute approximate surface area is 144 Å². The van der Waals surface area contributed by atoms with Gasteiger partial charge in [0, 0.05) is 0 Å². The number of hydrogen-bond donors (Lipinski definition) is 0. The molecule has 0 spiro atoms. The van der Waals surface area contributed by atoms with Gasteiger partial charge in [0.15, 0.2) is 0 Å². The van der Waals surface area contributed by atoms with Gasteiger partial charge >= 0.3 is 0 Å². The van der Waals surface area contributed by atoms with Gasteiger partial charge in [-0.15, -0.1) is 0 Å². The molecule has 2 rings (SSSR count). The maximum atomic E-state index is 13.0. The minimum atomic E-state index is -3.82. The molecule has 124 valence electrons. The lowest BCUT2D eigenvalue weighted by Crippen LogP contribution is -2.05. The van der Waals surface area contributed by atoms with Crippen LogP contribution in [-0.4, -0.2) is 8.42 Å². The van der Waals surface area contributed by atoms with Crippen molar-refractivity contribution in [3.63, 3.8) is 0 Å². The number of rotatable bonds is 6. The summed E-state index contributed by atoms with van der Waals surface area (Å²) in [6, 6.07) is 16.0. The van der Waals surface area contributed by atoms with Crippen molar-refractivity contribution in [3.05, 3.63) is 82.2 Å². The summed E-state index contributed by atoms with van der Waals surface area (Å²) in [4.78, 5) is 3.60. The van der Waals surface area contributed by atoms with E-state index in [4.69, 9.17) is 6.57 Å². The summed E-state index contributed by atoms with van der Waals surface area (Å²) in [6.45, 7) is 11.5. The minimum absolute atomic E-state index is 0.161. The van der Waals surface area contributed by atoms with E-state index in [0.29, 0.717) is 12.0 Å². The Morgan fingerprint density at radius 2 is 1.67 bits per heavy atom. The number of nitrogens with zero attached hydrogens (tertiary/aromatic N) is 1. The Kier molecular flexibility index (Phi) is 5.94. The van der Waals surface area contributed by atoms with E-state index in [9.17, 15) is 8.42 Å². The molecule has 4 heteroatoms. The van der Waals surface area contributed by atoms with Gasteiger partial charge in [-0.2, -0.15) is 0 Å². The maximum absolute atomic E-state index is 13.0. The number of benzene rings is 2. The first-order valence-corrected chi connectivity index (χ1v) is 9.46. The fraction of sp³-hybridized carbons (Fsp3) is 0.250. The van der Waals surface area contributed by atoms with Crippen LogP contribution >= 0.6 is 0 Å². The van der Waals surface area contributed by atoms with Crippen LogP contribution in [0.5, 0.6) is 0 Å². The van der Waals surface area contributed by atoms with E-state index in [2.05, 4.69) is 11.8 Å². The van der Waals surface area contributed by atoms with Gasteiger partial charge in [-0.3, -0.25) is 0 Å². The van der Waals surface area contributed by atoms with Crippen molar-refractivity contribution >= 4 is 15.4 Å². The number of aryl methyl sites for hydroxylation is 1. The average molecular weight is 339 g/mol. The fourth-order valence-electron chi connectivity index (χ4n) is 2.49. The fourth-order valence-corrected chi connectivity index (χ4v) is 3.87. The molecule has 0 saturated heterocycles. The van der Waals surface area contributed by atoms with Crippen molar-refractivity contribution < 1.29 is 8.42 Å². The molecule has 24 heavy (non-hydrogen) atoms. The molecule has 0 saturated carbocycles. The van der Waals surface area contributed by atoms with Gasteiger partial charge in [-0.05, 0) is 36.6 Å². The maximum Gasteiger partial charge on any atom is 0.286 e. The summed E-state index contributed by atoms with van der Waals surface area (Å²) in [6.07, 6.45) is 2.35. The van der Waals surface area contributed by atoms with Gasteiger partial charge in [0.1, 0.15) is 0 Å². The number of hydrogen-bond acceptors (Lipinski definition) is 2. The Balaban J connectivity index is 2.64. The molecule has 0 aliphatic rings. The van der Waals surface area contributed by atoms with Crippen LogP contribution < -0.4 is 0 Å². The van der Waals surface area contributed by atoms with Crippen LogP contribution in [-0.2, 0) is 9.84 Å². The molecule has 0 amide bonds. The van der Waals surface area contributed by atoms with E-state index in [1.807, 2.05) is 37.3 Å². The summed E-state index contributed by atoms with van der Waals surface area (Å²) < 4.78 is 26.0. The van der Waals surface area contributed by atoms with Crippen molar-refractivity contribution in [2.45, 2.75) is 38.0 Å². The van der Waals surface area contributed by atoms with Crippen LogP contribution in [0.15, 0.2) is 64.5 Å². The second-order valence-electron chi connectivity index (χ2n) is 5.68. The van der Waals surface area contributed by atoms with Gasteiger partial charge < -0.3 is 0 Å². The van der Waals surface area contributed by atoms with Crippen molar-refractivity contribution in [2.24, 2.45) is 0 Å². The van der Waals surface area contributed by atoms with Gasteiger partial charge in [0.05, 0.1) is 11.5 Å². The lowest BCUT2D eigenvalue weighted by Gasteiger charge is -2.12. The van der Waals surface area contributed by atoms with Crippen molar-refractivity contribution in [1.82, 2.24) is 0 Å². The van der Waals surface area contributed by atoms with E-state index in [-0.39, 0.29) is 9.92 Å². The lowest BCUT2D eigenvalue weighted by atomic mass is 10.0. The molecule has 0 atom stereocenters. The third kappa shape index (κ3) is 3.93. The summed E-state index contributed by atoms with van der Waals surface area (Å²) in [5.74, 6) is 0. The quantitative estimate of drug-likeness (QED) is 0.674. The molecule has 0 fully saturated rings. The first-order valence-electron chi connectivity index (χ1n) is 7.98. The number of sulfone groups is 1. The molecule has 2 aromatic carbocycles. The topological polar surface area (TPSA) is 38.5 Å². The third-order valence-corrected chi connectivity index (χ3v) is 5.59. The van der Waals surface area contributed by atoms with Gasteiger partial charge in [-0.1, -0.05) is 67.8 Å². The van der Waals surface area contributed by atoms with Crippen LogP contribution in [0.1, 0.15) is 37.3 Å².